The molecule has 0 amide bonds. The summed E-state index contributed by atoms with van der Waals surface area (Å²) in [5, 5.41) is 3.24. The van der Waals surface area contributed by atoms with E-state index >= 15 is 0 Å². The van der Waals surface area contributed by atoms with Crippen molar-refractivity contribution in [3.05, 3.63) is 53.9 Å². The van der Waals surface area contributed by atoms with Crippen molar-refractivity contribution < 1.29 is 8.42 Å². The first-order valence-electron chi connectivity index (χ1n) is 6.20. The zero-order valence-electron chi connectivity index (χ0n) is 11.4. The molecule has 0 radical (unpaired) electrons. The fraction of sp³-hybridized carbons (Fsp3) is 0.214. The number of aromatic nitrogens is 1. The Morgan fingerprint density at radius 3 is 2.45 bits per heavy atom. The minimum absolute atomic E-state index is 0.253. The van der Waals surface area contributed by atoms with E-state index in [0.717, 1.165) is 11.3 Å². The number of anilines is 1. The van der Waals surface area contributed by atoms with Crippen LogP contribution in [0, 0.1) is 6.92 Å². The van der Waals surface area contributed by atoms with Crippen LogP contribution >= 0.6 is 0 Å². The van der Waals surface area contributed by atoms with Crippen molar-refractivity contribution in [2.45, 2.75) is 18.4 Å². The Labute approximate surface area is 119 Å². The van der Waals surface area contributed by atoms with Gasteiger partial charge in [0.15, 0.2) is 0 Å². The van der Waals surface area contributed by atoms with Gasteiger partial charge >= 0.3 is 0 Å². The number of pyridine rings is 1. The van der Waals surface area contributed by atoms with Crippen LogP contribution in [0.3, 0.4) is 0 Å². The topological polar surface area (TPSA) is 71.1 Å². The summed E-state index contributed by atoms with van der Waals surface area (Å²) in [6.45, 7) is 2.68. The molecule has 0 fully saturated rings. The SMILES string of the molecule is CNS(=O)(=O)c1ccc(NCc2cnccc2C)cc1. The van der Waals surface area contributed by atoms with Crippen molar-refractivity contribution in [2.24, 2.45) is 0 Å². The molecule has 0 unspecified atom stereocenters. The Morgan fingerprint density at radius 1 is 1.15 bits per heavy atom. The molecular formula is C14H17N3O2S. The summed E-state index contributed by atoms with van der Waals surface area (Å²) in [5.41, 5.74) is 3.14. The van der Waals surface area contributed by atoms with Crippen LogP contribution in [0.2, 0.25) is 0 Å². The lowest BCUT2D eigenvalue weighted by Crippen LogP contribution is -2.18. The molecule has 106 valence electrons. The molecule has 0 aliphatic rings. The van der Waals surface area contributed by atoms with Crippen LogP contribution in [0.1, 0.15) is 11.1 Å². The van der Waals surface area contributed by atoms with Gasteiger partial charge in [-0.2, -0.15) is 0 Å². The second kappa shape index (κ2) is 6.02. The summed E-state index contributed by atoms with van der Waals surface area (Å²) in [6, 6.07) is 8.60. The van der Waals surface area contributed by atoms with Crippen LogP contribution in [0.4, 0.5) is 5.69 Å². The second-order valence-corrected chi connectivity index (χ2v) is 6.27. The normalized spacial score (nSPS) is 11.3. The van der Waals surface area contributed by atoms with Gasteiger partial charge in [0, 0.05) is 24.6 Å². The lowest BCUT2D eigenvalue weighted by molar-refractivity contribution is 0.588. The molecule has 0 atom stereocenters. The van der Waals surface area contributed by atoms with Crippen molar-refractivity contribution in [1.29, 1.82) is 0 Å². The van der Waals surface area contributed by atoms with Crippen molar-refractivity contribution >= 4 is 15.7 Å². The predicted molar refractivity (Wildman–Crippen MR) is 79.0 cm³/mol. The molecule has 0 bridgehead atoms. The number of hydrogen-bond donors (Lipinski definition) is 2. The zero-order valence-corrected chi connectivity index (χ0v) is 12.2. The maximum atomic E-state index is 11.6. The summed E-state index contributed by atoms with van der Waals surface area (Å²) in [5.74, 6) is 0. The number of rotatable bonds is 5. The Bertz CT molecular complexity index is 682. The highest BCUT2D eigenvalue weighted by molar-refractivity contribution is 7.89. The fourth-order valence-corrected chi connectivity index (χ4v) is 2.48. The van der Waals surface area contributed by atoms with Gasteiger partial charge in [0.05, 0.1) is 4.90 Å². The van der Waals surface area contributed by atoms with Crippen LogP contribution in [0.5, 0.6) is 0 Å². The van der Waals surface area contributed by atoms with Crippen LogP contribution in [0.15, 0.2) is 47.6 Å². The molecule has 1 heterocycles. The van der Waals surface area contributed by atoms with Crippen LogP contribution in [0.25, 0.3) is 0 Å². The average molecular weight is 291 g/mol. The van der Waals surface area contributed by atoms with E-state index in [1.54, 1.807) is 30.5 Å². The second-order valence-electron chi connectivity index (χ2n) is 4.39. The molecule has 0 saturated carbocycles. The average Bonchev–Trinajstić information content (AvgIpc) is 2.47. The fourth-order valence-electron chi connectivity index (χ4n) is 1.75. The molecule has 2 aromatic rings. The van der Waals surface area contributed by atoms with Gasteiger partial charge in [0.1, 0.15) is 0 Å². The van der Waals surface area contributed by atoms with Crippen molar-refractivity contribution in [1.82, 2.24) is 9.71 Å². The van der Waals surface area contributed by atoms with Crippen molar-refractivity contribution in [3.8, 4) is 0 Å². The quantitative estimate of drug-likeness (QED) is 0.883. The number of nitrogens with zero attached hydrogens (tertiary/aromatic N) is 1. The smallest absolute Gasteiger partial charge is 0.240 e. The number of aryl methyl sites for hydroxylation is 1. The highest BCUT2D eigenvalue weighted by atomic mass is 32.2. The van der Waals surface area contributed by atoms with E-state index < -0.39 is 10.0 Å². The Balaban J connectivity index is 2.07. The van der Waals surface area contributed by atoms with Gasteiger partial charge in [0.2, 0.25) is 10.0 Å². The third-order valence-electron chi connectivity index (χ3n) is 3.06. The molecule has 20 heavy (non-hydrogen) atoms. The van der Waals surface area contributed by atoms with Gasteiger partial charge in [-0.3, -0.25) is 4.98 Å². The van der Waals surface area contributed by atoms with Gasteiger partial charge in [-0.1, -0.05) is 0 Å². The number of hydrogen-bond acceptors (Lipinski definition) is 4. The summed E-state index contributed by atoms with van der Waals surface area (Å²) in [6.07, 6.45) is 3.58. The van der Waals surface area contributed by atoms with Gasteiger partial charge in [0.25, 0.3) is 0 Å². The lowest BCUT2D eigenvalue weighted by Gasteiger charge is -2.09. The molecule has 0 aliphatic heterocycles. The highest BCUT2D eigenvalue weighted by Crippen LogP contribution is 2.15. The summed E-state index contributed by atoms with van der Waals surface area (Å²) < 4.78 is 25.5. The third kappa shape index (κ3) is 3.34. The minimum Gasteiger partial charge on any atom is -0.381 e. The standard InChI is InChI=1S/C14H17N3O2S/c1-11-7-8-16-9-12(11)10-17-13-3-5-14(6-4-13)20(18,19)15-2/h3-9,15,17H,10H2,1-2H3. The summed E-state index contributed by atoms with van der Waals surface area (Å²) in [7, 11) is -1.98. The van der Waals surface area contributed by atoms with E-state index in [9.17, 15) is 8.42 Å². The maximum Gasteiger partial charge on any atom is 0.240 e. The number of nitrogens with one attached hydrogen (secondary N) is 2. The number of benzene rings is 1. The van der Waals surface area contributed by atoms with Gasteiger partial charge in [-0.15, -0.1) is 0 Å². The molecular weight excluding hydrogens is 274 g/mol. The molecule has 0 spiro atoms. The van der Waals surface area contributed by atoms with E-state index in [1.165, 1.54) is 12.6 Å². The van der Waals surface area contributed by atoms with Crippen molar-refractivity contribution in [2.75, 3.05) is 12.4 Å². The van der Waals surface area contributed by atoms with Gasteiger partial charge in [-0.05, 0) is 55.4 Å². The Morgan fingerprint density at radius 2 is 1.85 bits per heavy atom. The Hall–Kier alpha value is -1.92. The van der Waals surface area contributed by atoms with Crippen LogP contribution in [-0.4, -0.2) is 20.4 Å². The molecule has 1 aromatic heterocycles. The summed E-state index contributed by atoms with van der Waals surface area (Å²) in [4.78, 5) is 4.34. The van der Waals surface area contributed by atoms with E-state index in [4.69, 9.17) is 0 Å². The lowest BCUT2D eigenvalue weighted by atomic mass is 10.1. The first-order chi connectivity index (χ1) is 9.53. The van der Waals surface area contributed by atoms with Crippen molar-refractivity contribution in [3.63, 3.8) is 0 Å². The molecule has 0 saturated heterocycles. The summed E-state index contributed by atoms with van der Waals surface area (Å²) >= 11 is 0. The molecule has 6 heteroatoms. The zero-order chi connectivity index (χ0) is 14.6. The van der Waals surface area contributed by atoms with Gasteiger partial charge < -0.3 is 5.32 Å². The van der Waals surface area contributed by atoms with Crippen LogP contribution in [-0.2, 0) is 16.6 Å². The maximum absolute atomic E-state index is 11.6. The molecule has 1 aromatic carbocycles. The van der Waals surface area contributed by atoms with E-state index in [-0.39, 0.29) is 4.90 Å². The first kappa shape index (κ1) is 14.5. The monoisotopic (exact) mass is 291 g/mol. The third-order valence-corrected chi connectivity index (χ3v) is 4.49. The van der Waals surface area contributed by atoms with Gasteiger partial charge in [-0.25, -0.2) is 13.1 Å². The largest absolute Gasteiger partial charge is 0.381 e. The van der Waals surface area contributed by atoms with E-state index in [0.29, 0.717) is 6.54 Å². The minimum atomic E-state index is -3.38. The Kier molecular flexibility index (Phi) is 4.36. The van der Waals surface area contributed by atoms with Crippen LogP contribution < -0.4 is 10.0 Å². The molecule has 0 aliphatic carbocycles. The number of sulfonamides is 1. The first-order valence-corrected chi connectivity index (χ1v) is 7.68. The molecule has 2 rings (SSSR count). The predicted octanol–water partition coefficient (Wildman–Crippen LogP) is 1.91. The molecule has 5 nitrogen and oxygen atoms in total. The van der Waals surface area contributed by atoms with E-state index in [1.807, 2.05) is 19.2 Å². The van der Waals surface area contributed by atoms with E-state index in [2.05, 4.69) is 15.0 Å². The molecule has 2 N–H and O–H groups in total. The highest BCUT2D eigenvalue weighted by Gasteiger charge is 2.10.